The molecule has 0 saturated heterocycles. The van der Waals surface area contributed by atoms with Crippen LogP contribution in [0.1, 0.15) is 18.5 Å². The lowest BCUT2D eigenvalue weighted by Gasteiger charge is -2.11. The van der Waals surface area contributed by atoms with Crippen LogP contribution in [0.15, 0.2) is 34.7 Å². The number of carboxylic acids is 1. The predicted molar refractivity (Wildman–Crippen MR) is 93.0 cm³/mol. The third kappa shape index (κ3) is 2.56. The Morgan fingerprint density at radius 2 is 2.12 bits per heavy atom. The summed E-state index contributed by atoms with van der Waals surface area (Å²) in [5.74, 6) is -0.426. The molecule has 124 valence electrons. The van der Waals surface area contributed by atoms with E-state index in [1.165, 1.54) is 24.6 Å². The van der Waals surface area contributed by atoms with Crippen LogP contribution in [0, 0.1) is 6.92 Å². The van der Waals surface area contributed by atoms with Crippen molar-refractivity contribution in [3.05, 3.63) is 45.8 Å². The number of thiophene rings is 1. The molecule has 0 saturated carbocycles. The van der Waals surface area contributed by atoms with Crippen LogP contribution in [0.5, 0.6) is 5.75 Å². The summed E-state index contributed by atoms with van der Waals surface area (Å²) in [7, 11) is 1.58. The van der Waals surface area contributed by atoms with Crippen LogP contribution in [0.2, 0.25) is 0 Å². The Morgan fingerprint density at radius 1 is 1.38 bits per heavy atom. The summed E-state index contributed by atoms with van der Waals surface area (Å²) < 4.78 is 6.55. The molecule has 2 aromatic heterocycles. The molecule has 1 N–H and O–H groups in total. The minimum absolute atomic E-state index is 0.366. The van der Waals surface area contributed by atoms with E-state index >= 15 is 0 Å². The highest BCUT2D eigenvalue weighted by molar-refractivity contribution is 7.17. The first-order valence-electron chi connectivity index (χ1n) is 7.30. The number of aromatic nitrogens is 2. The van der Waals surface area contributed by atoms with E-state index in [1.807, 2.05) is 30.5 Å². The van der Waals surface area contributed by atoms with Crippen molar-refractivity contribution < 1.29 is 14.6 Å². The molecule has 0 aliphatic rings. The van der Waals surface area contributed by atoms with E-state index in [2.05, 4.69) is 4.98 Å². The van der Waals surface area contributed by atoms with Gasteiger partial charge in [0.25, 0.3) is 5.56 Å². The molecular formula is C17H16N2O4S. The van der Waals surface area contributed by atoms with E-state index in [0.717, 1.165) is 15.7 Å². The highest BCUT2D eigenvalue weighted by atomic mass is 32.1. The first-order chi connectivity index (χ1) is 11.4. The normalized spacial score (nSPS) is 12.3. The van der Waals surface area contributed by atoms with E-state index in [1.54, 1.807) is 7.11 Å². The van der Waals surface area contributed by atoms with Gasteiger partial charge in [-0.15, -0.1) is 11.3 Å². The molecule has 0 bridgehead atoms. The van der Waals surface area contributed by atoms with Gasteiger partial charge in [0.1, 0.15) is 16.6 Å². The number of carbonyl (C=O) groups is 1. The van der Waals surface area contributed by atoms with Gasteiger partial charge in [-0.3, -0.25) is 9.36 Å². The van der Waals surface area contributed by atoms with Crippen molar-refractivity contribution >= 4 is 27.5 Å². The number of hydrogen-bond acceptors (Lipinski definition) is 5. The lowest BCUT2D eigenvalue weighted by atomic mass is 10.0. The fraction of sp³-hybridized carbons (Fsp3) is 0.235. The Labute approximate surface area is 142 Å². The van der Waals surface area contributed by atoms with Gasteiger partial charge in [0.2, 0.25) is 0 Å². The Bertz CT molecular complexity index is 990. The van der Waals surface area contributed by atoms with Gasteiger partial charge in [0.15, 0.2) is 0 Å². The lowest BCUT2D eigenvalue weighted by molar-refractivity contribution is -0.140. The Kier molecular flexibility index (Phi) is 4.11. The topological polar surface area (TPSA) is 81.4 Å². The van der Waals surface area contributed by atoms with Gasteiger partial charge < -0.3 is 9.84 Å². The quantitative estimate of drug-likeness (QED) is 0.786. The van der Waals surface area contributed by atoms with Crippen LogP contribution in [-0.4, -0.2) is 27.7 Å². The molecule has 2 heterocycles. The molecule has 3 rings (SSSR count). The zero-order chi connectivity index (χ0) is 17.4. The van der Waals surface area contributed by atoms with Gasteiger partial charge >= 0.3 is 5.97 Å². The van der Waals surface area contributed by atoms with Crippen molar-refractivity contribution in [2.45, 2.75) is 19.9 Å². The van der Waals surface area contributed by atoms with Crippen molar-refractivity contribution in [2.24, 2.45) is 0 Å². The number of fused-ring (bicyclic) bond motifs is 1. The highest BCUT2D eigenvalue weighted by Crippen LogP contribution is 2.37. The van der Waals surface area contributed by atoms with Gasteiger partial charge in [-0.05, 0) is 26.0 Å². The maximum atomic E-state index is 12.8. The molecule has 1 atom stereocenters. The summed E-state index contributed by atoms with van der Waals surface area (Å²) in [5, 5.41) is 11.5. The monoisotopic (exact) mass is 344 g/mol. The maximum Gasteiger partial charge on any atom is 0.326 e. The van der Waals surface area contributed by atoms with Crippen LogP contribution in [0.25, 0.3) is 21.3 Å². The molecule has 0 aliphatic heterocycles. The first kappa shape index (κ1) is 16.2. The van der Waals surface area contributed by atoms with Crippen LogP contribution in [-0.2, 0) is 4.79 Å². The first-order valence-corrected chi connectivity index (χ1v) is 8.18. The van der Waals surface area contributed by atoms with Gasteiger partial charge in [0.05, 0.1) is 18.8 Å². The summed E-state index contributed by atoms with van der Waals surface area (Å²) in [4.78, 5) is 28.9. The van der Waals surface area contributed by atoms with Crippen molar-refractivity contribution in [3.63, 3.8) is 0 Å². The SMILES string of the molecule is COc1ccc(C)cc1-c1csc2ncn(C(C)C(=O)O)c(=O)c12. The third-order valence-electron chi connectivity index (χ3n) is 3.94. The van der Waals surface area contributed by atoms with Gasteiger partial charge in [-0.1, -0.05) is 11.6 Å². The summed E-state index contributed by atoms with van der Waals surface area (Å²) >= 11 is 1.35. The number of ether oxygens (including phenoxy) is 1. The molecule has 7 heteroatoms. The van der Waals surface area contributed by atoms with E-state index < -0.39 is 12.0 Å². The van der Waals surface area contributed by atoms with Crippen molar-refractivity contribution in [2.75, 3.05) is 7.11 Å². The number of benzene rings is 1. The number of methoxy groups -OCH3 is 1. The molecule has 0 fully saturated rings. The average Bonchev–Trinajstić information content (AvgIpc) is 2.99. The number of hydrogen-bond donors (Lipinski definition) is 1. The fourth-order valence-corrected chi connectivity index (χ4v) is 3.47. The number of carboxylic acid groups (broad SMARTS) is 1. The zero-order valence-corrected chi connectivity index (χ0v) is 14.3. The molecule has 24 heavy (non-hydrogen) atoms. The maximum absolute atomic E-state index is 12.8. The zero-order valence-electron chi connectivity index (χ0n) is 13.4. The molecule has 0 spiro atoms. The van der Waals surface area contributed by atoms with Gasteiger partial charge in [-0.2, -0.15) is 0 Å². The molecule has 3 aromatic rings. The third-order valence-corrected chi connectivity index (χ3v) is 4.83. The van der Waals surface area contributed by atoms with E-state index in [0.29, 0.717) is 21.5 Å². The second-order valence-corrected chi connectivity index (χ2v) is 6.36. The summed E-state index contributed by atoms with van der Waals surface area (Å²) in [6.45, 7) is 3.41. The predicted octanol–water partition coefficient (Wildman–Crippen LogP) is 3.09. The molecule has 0 amide bonds. The summed E-state index contributed by atoms with van der Waals surface area (Å²) in [5.41, 5.74) is 2.17. The fourth-order valence-electron chi connectivity index (χ4n) is 2.57. The van der Waals surface area contributed by atoms with Crippen LogP contribution in [0.3, 0.4) is 0 Å². The second-order valence-electron chi connectivity index (χ2n) is 5.50. The minimum Gasteiger partial charge on any atom is -0.496 e. The Balaban J connectivity index is 2.32. The summed E-state index contributed by atoms with van der Waals surface area (Å²) in [6, 6.07) is 4.74. The standard InChI is InChI=1S/C17H16N2O4S/c1-9-4-5-13(23-3)11(6-9)12-7-24-15-14(12)16(20)19(8-18-15)10(2)17(21)22/h4-8,10H,1-3H3,(H,21,22). The van der Waals surface area contributed by atoms with Crippen molar-refractivity contribution in [1.82, 2.24) is 9.55 Å². The minimum atomic E-state index is -1.08. The number of aryl methyl sites for hydroxylation is 1. The smallest absolute Gasteiger partial charge is 0.326 e. The van der Waals surface area contributed by atoms with Gasteiger partial charge in [-0.25, -0.2) is 9.78 Å². The van der Waals surface area contributed by atoms with Crippen LogP contribution >= 0.6 is 11.3 Å². The van der Waals surface area contributed by atoms with Gasteiger partial charge in [0, 0.05) is 16.5 Å². The molecule has 0 radical (unpaired) electrons. The number of rotatable bonds is 4. The van der Waals surface area contributed by atoms with Crippen molar-refractivity contribution in [1.29, 1.82) is 0 Å². The van der Waals surface area contributed by atoms with E-state index in [9.17, 15) is 14.7 Å². The molecule has 1 aromatic carbocycles. The highest BCUT2D eigenvalue weighted by Gasteiger charge is 2.20. The largest absolute Gasteiger partial charge is 0.496 e. The lowest BCUT2D eigenvalue weighted by Crippen LogP contribution is -2.28. The van der Waals surface area contributed by atoms with Crippen LogP contribution in [0.4, 0.5) is 0 Å². The molecule has 6 nitrogen and oxygen atoms in total. The van der Waals surface area contributed by atoms with E-state index in [-0.39, 0.29) is 5.56 Å². The van der Waals surface area contributed by atoms with E-state index in [4.69, 9.17) is 4.74 Å². The summed E-state index contributed by atoms with van der Waals surface area (Å²) in [6.07, 6.45) is 1.29. The average molecular weight is 344 g/mol. The Morgan fingerprint density at radius 3 is 2.79 bits per heavy atom. The number of aliphatic carboxylic acids is 1. The van der Waals surface area contributed by atoms with Crippen molar-refractivity contribution in [3.8, 4) is 16.9 Å². The Hall–Kier alpha value is -2.67. The number of nitrogens with zero attached hydrogens (tertiary/aromatic N) is 2. The molecule has 1 unspecified atom stereocenters. The molecular weight excluding hydrogens is 328 g/mol. The molecule has 0 aliphatic carbocycles. The van der Waals surface area contributed by atoms with Crippen LogP contribution < -0.4 is 10.3 Å². The second kappa shape index (κ2) is 6.09.